The molecule has 0 unspecified atom stereocenters. The molecule has 4 nitrogen and oxygen atoms in total. The Morgan fingerprint density at radius 2 is 1.83 bits per heavy atom. The summed E-state index contributed by atoms with van der Waals surface area (Å²) < 4.78 is 26.9. The van der Waals surface area contributed by atoms with E-state index in [9.17, 15) is 13.6 Å². The van der Waals surface area contributed by atoms with Crippen LogP contribution in [-0.4, -0.2) is 42.2 Å². The van der Waals surface area contributed by atoms with Crippen molar-refractivity contribution in [3.8, 4) is 0 Å². The van der Waals surface area contributed by atoms with Gasteiger partial charge in [-0.15, -0.1) is 0 Å². The van der Waals surface area contributed by atoms with E-state index >= 15 is 0 Å². The number of carbonyl (C=O) groups is 1. The van der Waals surface area contributed by atoms with E-state index in [1.165, 1.54) is 0 Å². The van der Waals surface area contributed by atoms with Crippen molar-refractivity contribution in [1.82, 2.24) is 10.2 Å². The molecule has 1 aliphatic rings. The molecule has 0 atom stereocenters. The fourth-order valence-electron chi connectivity index (χ4n) is 2.05. The highest BCUT2D eigenvalue weighted by Crippen LogP contribution is 2.17. The molecule has 0 radical (unpaired) electrons. The smallest absolute Gasteiger partial charge is 0.341 e. The minimum Gasteiger partial charge on any atom is -0.477 e. The third-order valence-corrected chi connectivity index (χ3v) is 2.93. The van der Waals surface area contributed by atoms with Crippen LogP contribution >= 0.6 is 0 Å². The van der Waals surface area contributed by atoms with Crippen LogP contribution in [0.3, 0.4) is 0 Å². The van der Waals surface area contributed by atoms with E-state index in [0.717, 1.165) is 38.3 Å². The molecule has 6 heteroatoms. The summed E-state index contributed by atoms with van der Waals surface area (Å²) in [5.74, 6) is -3.63. The van der Waals surface area contributed by atoms with E-state index < -0.39 is 23.2 Å². The van der Waals surface area contributed by atoms with Crippen molar-refractivity contribution in [2.45, 2.75) is 6.54 Å². The molecular formula is C12H14F2N2O2. The van der Waals surface area contributed by atoms with Crippen LogP contribution in [0.15, 0.2) is 12.1 Å². The number of nitrogens with zero attached hydrogens (tertiary/aromatic N) is 1. The summed E-state index contributed by atoms with van der Waals surface area (Å²) in [5.41, 5.74) is -0.434. The SMILES string of the molecule is O=C(O)c1c(F)cc(CN2CCNCC2)cc1F. The summed E-state index contributed by atoms with van der Waals surface area (Å²) in [6, 6.07) is 2.18. The van der Waals surface area contributed by atoms with Gasteiger partial charge in [0.25, 0.3) is 0 Å². The van der Waals surface area contributed by atoms with Crippen LogP contribution in [-0.2, 0) is 6.54 Å². The minimum atomic E-state index is -1.58. The van der Waals surface area contributed by atoms with Gasteiger partial charge in [0.2, 0.25) is 0 Å². The number of piperazine rings is 1. The predicted molar refractivity (Wildman–Crippen MR) is 61.5 cm³/mol. The van der Waals surface area contributed by atoms with Crippen LogP contribution in [0.1, 0.15) is 15.9 Å². The maximum absolute atomic E-state index is 13.5. The van der Waals surface area contributed by atoms with Gasteiger partial charge in [0.1, 0.15) is 17.2 Å². The quantitative estimate of drug-likeness (QED) is 0.849. The highest BCUT2D eigenvalue weighted by molar-refractivity contribution is 5.88. The maximum atomic E-state index is 13.5. The summed E-state index contributed by atoms with van der Waals surface area (Å²) in [7, 11) is 0. The normalized spacial score (nSPS) is 16.8. The molecule has 0 bridgehead atoms. The highest BCUT2D eigenvalue weighted by Gasteiger charge is 2.19. The lowest BCUT2D eigenvalue weighted by Crippen LogP contribution is -2.42. The second-order valence-electron chi connectivity index (χ2n) is 4.27. The molecule has 1 saturated heterocycles. The zero-order chi connectivity index (χ0) is 13.1. The van der Waals surface area contributed by atoms with Gasteiger partial charge >= 0.3 is 5.97 Å². The van der Waals surface area contributed by atoms with Gasteiger partial charge < -0.3 is 10.4 Å². The van der Waals surface area contributed by atoms with Crippen molar-refractivity contribution in [3.63, 3.8) is 0 Å². The lowest BCUT2D eigenvalue weighted by molar-refractivity contribution is 0.0686. The van der Waals surface area contributed by atoms with Crippen molar-refractivity contribution in [2.75, 3.05) is 26.2 Å². The van der Waals surface area contributed by atoms with Gasteiger partial charge in [0, 0.05) is 32.7 Å². The first-order valence-corrected chi connectivity index (χ1v) is 5.72. The van der Waals surface area contributed by atoms with Crippen molar-refractivity contribution in [3.05, 3.63) is 34.9 Å². The number of aromatic carboxylic acids is 1. The Labute approximate surface area is 103 Å². The highest BCUT2D eigenvalue weighted by atomic mass is 19.1. The monoisotopic (exact) mass is 256 g/mol. The van der Waals surface area contributed by atoms with Crippen LogP contribution in [0, 0.1) is 11.6 Å². The molecule has 0 aliphatic carbocycles. The number of carboxylic acids is 1. The van der Waals surface area contributed by atoms with Gasteiger partial charge in [0.05, 0.1) is 0 Å². The molecule has 2 rings (SSSR count). The maximum Gasteiger partial charge on any atom is 0.341 e. The number of rotatable bonds is 3. The van der Waals surface area contributed by atoms with Gasteiger partial charge in [-0.3, -0.25) is 4.90 Å². The number of benzene rings is 1. The van der Waals surface area contributed by atoms with Crippen molar-refractivity contribution < 1.29 is 18.7 Å². The molecule has 1 aromatic rings. The molecule has 1 aromatic carbocycles. The van der Waals surface area contributed by atoms with E-state index in [1.54, 1.807) is 0 Å². The molecule has 1 fully saturated rings. The lowest BCUT2D eigenvalue weighted by atomic mass is 10.1. The number of hydrogen-bond acceptors (Lipinski definition) is 3. The Bertz CT molecular complexity index is 436. The summed E-state index contributed by atoms with van der Waals surface area (Å²) in [4.78, 5) is 12.7. The first kappa shape index (κ1) is 12.9. The molecular weight excluding hydrogens is 242 g/mol. The summed E-state index contributed by atoms with van der Waals surface area (Å²) in [6.07, 6.45) is 0. The van der Waals surface area contributed by atoms with Gasteiger partial charge in [-0.1, -0.05) is 0 Å². The van der Waals surface area contributed by atoms with Gasteiger partial charge in [-0.05, 0) is 17.7 Å². The van der Waals surface area contributed by atoms with Crippen molar-refractivity contribution >= 4 is 5.97 Å². The van der Waals surface area contributed by atoms with E-state index in [2.05, 4.69) is 10.2 Å². The standard InChI is InChI=1S/C12H14F2N2O2/c13-9-5-8(6-10(14)11(9)12(17)18)7-16-3-1-15-2-4-16/h5-6,15H,1-4,7H2,(H,17,18). The Morgan fingerprint density at radius 3 is 2.33 bits per heavy atom. The number of nitrogens with one attached hydrogen (secondary N) is 1. The predicted octanol–water partition coefficient (Wildman–Crippen LogP) is 1.07. The van der Waals surface area contributed by atoms with Crippen molar-refractivity contribution in [2.24, 2.45) is 0 Å². The largest absolute Gasteiger partial charge is 0.477 e. The number of halogens is 2. The van der Waals surface area contributed by atoms with E-state index in [4.69, 9.17) is 5.11 Å². The second-order valence-corrected chi connectivity index (χ2v) is 4.27. The Balaban J connectivity index is 2.17. The Morgan fingerprint density at radius 1 is 1.28 bits per heavy atom. The van der Waals surface area contributed by atoms with Crippen LogP contribution in [0.25, 0.3) is 0 Å². The van der Waals surface area contributed by atoms with Crippen molar-refractivity contribution in [1.29, 1.82) is 0 Å². The third-order valence-electron chi connectivity index (χ3n) is 2.93. The fraction of sp³-hybridized carbons (Fsp3) is 0.417. The van der Waals surface area contributed by atoms with Crippen LogP contribution in [0.4, 0.5) is 8.78 Å². The molecule has 1 heterocycles. The molecule has 2 N–H and O–H groups in total. The molecule has 98 valence electrons. The van der Waals surface area contributed by atoms with Gasteiger partial charge in [0.15, 0.2) is 0 Å². The second kappa shape index (κ2) is 5.41. The minimum absolute atomic E-state index is 0.426. The Hall–Kier alpha value is -1.53. The third kappa shape index (κ3) is 2.83. The van der Waals surface area contributed by atoms with Gasteiger partial charge in [-0.25, -0.2) is 13.6 Å². The summed E-state index contributed by atoms with van der Waals surface area (Å²) in [6.45, 7) is 3.74. The fourth-order valence-corrected chi connectivity index (χ4v) is 2.05. The van der Waals surface area contributed by atoms with Gasteiger partial charge in [-0.2, -0.15) is 0 Å². The average molecular weight is 256 g/mol. The molecule has 0 amide bonds. The van der Waals surface area contributed by atoms with E-state index in [1.807, 2.05) is 0 Å². The molecule has 0 saturated carbocycles. The first-order valence-electron chi connectivity index (χ1n) is 5.72. The molecule has 1 aliphatic heterocycles. The van der Waals surface area contributed by atoms with E-state index in [-0.39, 0.29) is 0 Å². The molecule has 0 aromatic heterocycles. The summed E-state index contributed by atoms with van der Waals surface area (Å²) >= 11 is 0. The topological polar surface area (TPSA) is 52.6 Å². The average Bonchev–Trinajstić information content (AvgIpc) is 2.28. The molecule has 0 spiro atoms. The van der Waals surface area contributed by atoms with E-state index in [0.29, 0.717) is 12.1 Å². The molecule has 18 heavy (non-hydrogen) atoms. The zero-order valence-corrected chi connectivity index (χ0v) is 9.75. The zero-order valence-electron chi connectivity index (χ0n) is 9.75. The summed E-state index contributed by atoms with van der Waals surface area (Å²) in [5, 5.41) is 11.8. The van der Waals surface area contributed by atoms with Crippen LogP contribution in [0.5, 0.6) is 0 Å². The first-order chi connectivity index (χ1) is 8.58. The lowest BCUT2D eigenvalue weighted by Gasteiger charge is -2.27. The van der Waals surface area contributed by atoms with Crippen LogP contribution < -0.4 is 5.32 Å². The number of carboxylic acid groups (broad SMARTS) is 1. The Kier molecular flexibility index (Phi) is 3.88. The van der Waals surface area contributed by atoms with Crippen LogP contribution in [0.2, 0.25) is 0 Å². The number of hydrogen-bond donors (Lipinski definition) is 2.